The number of amides is 1. The van der Waals surface area contributed by atoms with Crippen molar-refractivity contribution in [3.63, 3.8) is 0 Å². The fraction of sp³-hybridized carbons (Fsp3) is 0.192. The van der Waals surface area contributed by atoms with Gasteiger partial charge in [-0.25, -0.2) is 0 Å². The number of halogens is 1. The molecular formula is C26H24ClNO3S. The molecule has 1 aliphatic heterocycles. The monoisotopic (exact) mass is 465 g/mol. The quantitative estimate of drug-likeness (QED) is 0.476. The molecule has 0 aliphatic carbocycles. The Balaban J connectivity index is 1.48. The van der Waals surface area contributed by atoms with E-state index in [0.717, 1.165) is 11.1 Å². The van der Waals surface area contributed by atoms with Crippen LogP contribution >= 0.6 is 11.6 Å². The lowest BCUT2D eigenvalue weighted by atomic mass is 10.0. The molecule has 0 aromatic heterocycles. The summed E-state index contributed by atoms with van der Waals surface area (Å²) in [5, 5.41) is -0.202. The Bertz CT molecular complexity index is 1060. The van der Waals surface area contributed by atoms with Crippen molar-refractivity contribution in [3.05, 3.63) is 118 Å². The molecule has 1 amide bonds. The summed E-state index contributed by atoms with van der Waals surface area (Å²) in [5.41, 5.74) is 2.78. The largest absolute Gasteiger partial charge is 0.367 e. The van der Waals surface area contributed by atoms with Crippen molar-refractivity contribution >= 4 is 28.3 Å². The molecular weight excluding hydrogens is 442 g/mol. The summed E-state index contributed by atoms with van der Waals surface area (Å²) in [6.07, 6.45) is -0.235. The molecule has 0 saturated carbocycles. The zero-order valence-corrected chi connectivity index (χ0v) is 19.1. The van der Waals surface area contributed by atoms with E-state index >= 15 is 0 Å². The van der Waals surface area contributed by atoms with E-state index in [-0.39, 0.29) is 18.6 Å². The Kier molecular flexibility index (Phi) is 7.20. The van der Waals surface area contributed by atoms with Gasteiger partial charge in [-0.2, -0.15) is 0 Å². The molecule has 0 N–H and O–H groups in total. The van der Waals surface area contributed by atoms with Gasteiger partial charge in [-0.05, 0) is 28.8 Å². The molecule has 164 valence electrons. The van der Waals surface area contributed by atoms with Crippen LogP contribution in [0.2, 0.25) is 5.02 Å². The van der Waals surface area contributed by atoms with Gasteiger partial charge in [0.2, 0.25) is 5.91 Å². The predicted octanol–water partition coefficient (Wildman–Crippen LogP) is 5.29. The van der Waals surface area contributed by atoms with Crippen molar-refractivity contribution in [1.29, 1.82) is 0 Å². The van der Waals surface area contributed by atoms with Crippen LogP contribution in [0.25, 0.3) is 0 Å². The number of hydrogen-bond donors (Lipinski definition) is 0. The molecule has 4 rings (SSSR count). The summed E-state index contributed by atoms with van der Waals surface area (Å²) in [6, 6.07) is 26.9. The fourth-order valence-corrected chi connectivity index (χ4v) is 5.27. The molecule has 1 saturated heterocycles. The molecule has 1 aliphatic rings. The Hall–Kier alpha value is -2.73. The van der Waals surface area contributed by atoms with Gasteiger partial charge in [0.1, 0.15) is 11.4 Å². The summed E-state index contributed by atoms with van der Waals surface area (Å²) < 4.78 is 19.1. The van der Waals surface area contributed by atoms with Gasteiger partial charge in [0.05, 0.1) is 24.0 Å². The van der Waals surface area contributed by atoms with Gasteiger partial charge in [0, 0.05) is 16.5 Å². The second kappa shape index (κ2) is 10.3. The van der Waals surface area contributed by atoms with E-state index < -0.39 is 16.0 Å². The van der Waals surface area contributed by atoms with E-state index in [1.165, 1.54) is 0 Å². The Morgan fingerprint density at radius 3 is 2.09 bits per heavy atom. The maximum atomic E-state index is 13.2. The minimum atomic E-state index is -1.47. The molecule has 0 bridgehead atoms. The third-order valence-corrected chi connectivity index (χ3v) is 7.28. The van der Waals surface area contributed by atoms with Crippen LogP contribution in [0.15, 0.2) is 96.4 Å². The Morgan fingerprint density at radius 2 is 1.53 bits per heavy atom. The lowest BCUT2D eigenvalue weighted by molar-refractivity contribution is -0.131. The number of carbonyl (C=O) groups excluding carboxylic acids is 1. The van der Waals surface area contributed by atoms with E-state index in [4.69, 9.17) is 16.3 Å². The van der Waals surface area contributed by atoms with Crippen molar-refractivity contribution in [2.75, 3.05) is 19.7 Å². The highest BCUT2D eigenvalue weighted by molar-refractivity contribution is 7.90. The first kappa shape index (κ1) is 22.5. The molecule has 3 aromatic rings. The molecule has 0 spiro atoms. The van der Waals surface area contributed by atoms with E-state index in [9.17, 15) is 9.00 Å². The van der Waals surface area contributed by atoms with Crippen LogP contribution in [0.5, 0.6) is 0 Å². The topological polar surface area (TPSA) is 46.6 Å². The molecule has 32 heavy (non-hydrogen) atoms. The van der Waals surface area contributed by atoms with Crippen molar-refractivity contribution in [1.82, 2.24) is 4.90 Å². The summed E-state index contributed by atoms with van der Waals surface area (Å²) in [4.78, 5) is 15.4. The van der Waals surface area contributed by atoms with Crippen LogP contribution in [0.3, 0.4) is 0 Å². The van der Waals surface area contributed by atoms with Gasteiger partial charge in [-0.1, -0.05) is 91.0 Å². The molecule has 2 atom stereocenters. The molecule has 1 heterocycles. The molecule has 0 radical (unpaired) electrons. The third-order valence-electron chi connectivity index (χ3n) is 5.42. The SMILES string of the molecule is C=C1CN(CCOC(c2ccccc2)c2ccccc2)C(=O)C(c2ccc(Cl)cc2)S1=O. The summed E-state index contributed by atoms with van der Waals surface area (Å²) >= 11 is 5.97. The summed E-state index contributed by atoms with van der Waals surface area (Å²) in [5.74, 6) is -0.183. The first-order chi connectivity index (χ1) is 15.5. The van der Waals surface area contributed by atoms with Gasteiger partial charge >= 0.3 is 0 Å². The number of carbonyl (C=O) groups is 1. The van der Waals surface area contributed by atoms with Gasteiger partial charge < -0.3 is 9.64 Å². The van der Waals surface area contributed by atoms with E-state index in [0.29, 0.717) is 28.6 Å². The second-order valence-corrected chi connectivity index (χ2v) is 9.68. The smallest absolute Gasteiger partial charge is 0.243 e. The van der Waals surface area contributed by atoms with Crippen LogP contribution in [0.1, 0.15) is 28.0 Å². The lowest BCUT2D eigenvalue weighted by Crippen LogP contribution is -2.45. The average molecular weight is 466 g/mol. The van der Waals surface area contributed by atoms with Crippen molar-refractivity contribution in [2.24, 2.45) is 0 Å². The number of benzene rings is 3. The highest BCUT2D eigenvalue weighted by Crippen LogP contribution is 2.32. The first-order valence-corrected chi connectivity index (χ1v) is 12.0. The van der Waals surface area contributed by atoms with Crippen molar-refractivity contribution < 1.29 is 13.7 Å². The van der Waals surface area contributed by atoms with Crippen LogP contribution in [-0.4, -0.2) is 34.7 Å². The minimum absolute atomic E-state index is 0.183. The third kappa shape index (κ3) is 5.01. The molecule has 2 unspecified atom stereocenters. The Morgan fingerprint density at radius 1 is 0.969 bits per heavy atom. The molecule has 4 nitrogen and oxygen atoms in total. The van der Waals surface area contributed by atoms with Crippen LogP contribution in [-0.2, 0) is 20.3 Å². The maximum absolute atomic E-state index is 13.2. The highest BCUT2D eigenvalue weighted by atomic mass is 35.5. The number of rotatable bonds is 7. The summed E-state index contributed by atoms with van der Waals surface area (Å²) in [7, 11) is -1.47. The first-order valence-electron chi connectivity index (χ1n) is 10.4. The number of hydrogen-bond acceptors (Lipinski definition) is 3. The maximum Gasteiger partial charge on any atom is 0.243 e. The predicted molar refractivity (Wildman–Crippen MR) is 129 cm³/mol. The molecule has 3 aromatic carbocycles. The normalized spacial score (nSPS) is 18.9. The number of nitrogens with zero attached hydrogens (tertiary/aromatic N) is 1. The van der Waals surface area contributed by atoms with Crippen molar-refractivity contribution in [2.45, 2.75) is 11.4 Å². The highest BCUT2D eigenvalue weighted by Gasteiger charge is 2.37. The fourth-order valence-electron chi connectivity index (χ4n) is 3.79. The minimum Gasteiger partial charge on any atom is -0.367 e. The summed E-state index contributed by atoms with van der Waals surface area (Å²) in [6.45, 7) is 4.94. The van der Waals surface area contributed by atoms with Gasteiger partial charge in [-0.15, -0.1) is 0 Å². The van der Waals surface area contributed by atoms with Crippen LogP contribution in [0, 0.1) is 0 Å². The van der Waals surface area contributed by atoms with Gasteiger partial charge in [0.25, 0.3) is 0 Å². The Labute approximate surface area is 195 Å². The second-order valence-electron chi connectivity index (χ2n) is 7.60. The average Bonchev–Trinajstić information content (AvgIpc) is 2.82. The van der Waals surface area contributed by atoms with Crippen LogP contribution < -0.4 is 0 Å². The lowest BCUT2D eigenvalue weighted by Gasteiger charge is -2.33. The zero-order valence-electron chi connectivity index (χ0n) is 17.5. The zero-order chi connectivity index (χ0) is 22.5. The van der Waals surface area contributed by atoms with E-state index in [2.05, 4.69) is 6.58 Å². The van der Waals surface area contributed by atoms with Gasteiger partial charge in [-0.3, -0.25) is 9.00 Å². The van der Waals surface area contributed by atoms with E-state index in [1.54, 1.807) is 29.2 Å². The standard InChI is InChI=1S/C26H24ClNO3S/c1-19-18-28(26(29)25(32(19)30)22-12-14-23(27)15-13-22)16-17-31-24(20-8-4-2-5-9-20)21-10-6-3-7-11-21/h2-15,24-25H,1,16-18H2. The molecule has 1 fully saturated rings. The van der Waals surface area contributed by atoms with Crippen molar-refractivity contribution in [3.8, 4) is 0 Å². The molecule has 6 heteroatoms. The number of ether oxygens (including phenoxy) is 1. The van der Waals surface area contributed by atoms with Gasteiger partial charge in [0.15, 0.2) is 0 Å². The van der Waals surface area contributed by atoms with E-state index in [1.807, 2.05) is 60.7 Å². The van der Waals surface area contributed by atoms with Crippen LogP contribution in [0.4, 0.5) is 0 Å².